The van der Waals surface area contributed by atoms with Crippen LogP contribution in [-0.2, 0) is 11.2 Å². The summed E-state index contributed by atoms with van der Waals surface area (Å²) in [5.74, 6) is 0.0988. The quantitative estimate of drug-likeness (QED) is 0.661. The van der Waals surface area contributed by atoms with E-state index in [0.29, 0.717) is 31.9 Å². The first kappa shape index (κ1) is 19.3. The van der Waals surface area contributed by atoms with Crippen LogP contribution in [0.15, 0.2) is 40.2 Å². The van der Waals surface area contributed by atoms with E-state index < -0.39 is 0 Å². The number of aryl methyl sites for hydroxylation is 2. The molecule has 150 valence electrons. The van der Waals surface area contributed by atoms with Gasteiger partial charge in [0, 0.05) is 43.2 Å². The molecular formula is C21H22N4O3S. The van der Waals surface area contributed by atoms with Crippen molar-refractivity contribution < 1.29 is 14.1 Å². The van der Waals surface area contributed by atoms with Crippen molar-refractivity contribution in [2.45, 2.75) is 20.3 Å². The van der Waals surface area contributed by atoms with E-state index in [1.807, 2.05) is 17.5 Å². The molecule has 0 atom stereocenters. The number of carbonyl (C=O) groups excluding carboxylic acids is 2. The highest BCUT2D eigenvalue weighted by Gasteiger charge is 2.27. The molecule has 1 aliphatic heterocycles. The Kier molecular flexibility index (Phi) is 5.44. The summed E-state index contributed by atoms with van der Waals surface area (Å²) in [7, 11) is 0. The average Bonchev–Trinajstić information content (AvgIpc) is 3.37. The van der Waals surface area contributed by atoms with Crippen molar-refractivity contribution in [2.75, 3.05) is 26.2 Å². The number of carbonyl (C=O) groups is 2. The van der Waals surface area contributed by atoms with Crippen LogP contribution < -0.4 is 0 Å². The van der Waals surface area contributed by atoms with Crippen LogP contribution >= 0.6 is 11.3 Å². The third kappa shape index (κ3) is 4.37. The molecule has 0 bridgehead atoms. The Labute approximate surface area is 172 Å². The molecule has 0 spiro atoms. The van der Waals surface area contributed by atoms with E-state index in [1.165, 1.54) is 5.56 Å². The molecule has 1 fully saturated rings. The molecule has 3 heterocycles. The van der Waals surface area contributed by atoms with Crippen molar-refractivity contribution >= 4 is 23.2 Å². The van der Waals surface area contributed by atoms with E-state index in [-0.39, 0.29) is 24.0 Å². The van der Waals surface area contributed by atoms with Gasteiger partial charge in [0.2, 0.25) is 11.7 Å². The van der Waals surface area contributed by atoms with Gasteiger partial charge in [-0.15, -0.1) is 11.3 Å². The predicted octanol–water partition coefficient (Wildman–Crippen LogP) is 2.94. The molecule has 0 radical (unpaired) electrons. The Morgan fingerprint density at radius 2 is 1.76 bits per heavy atom. The van der Waals surface area contributed by atoms with Gasteiger partial charge >= 0.3 is 0 Å². The van der Waals surface area contributed by atoms with Gasteiger partial charge in [-0.25, -0.2) is 4.98 Å². The van der Waals surface area contributed by atoms with Crippen molar-refractivity contribution in [3.05, 3.63) is 58.4 Å². The molecular weight excluding hydrogens is 388 g/mol. The van der Waals surface area contributed by atoms with Crippen LogP contribution in [0.3, 0.4) is 0 Å². The molecule has 29 heavy (non-hydrogen) atoms. The largest absolute Gasteiger partial charge is 0.351 e. The lowest BCUT2D eigenvalue weighted by molar-refractivity contribution is -0.132. The molecule has 0 saturated carbocycles. The summed E-state index contributed by atoms with van der Waals surface area (Å²) in [5.41, 5.74) is 3.73. The minimum Gasteiger partial charge on any atom is -0.351 e. The Morgan fingerprint density at radius 1 is 1.07 bits per heavy atom. The highest BCUT2D eigenvalue weighted by Crippen LogP contribution is 2.24. The lowest BCUT2D eigenvalue weighted by atomic mass is 10.2. The summed E-state index contributed by atoms with van der Waals surface area (Å²) >= 11 is 1.55. The van der Waals surface area contributed by atoms with Crippen LogP contribution in [0.1, 0.15) is 27.5 Å². The number of nitrogens with zero attached hydrogens (tertiary/aromatic N) is 4. The standard InChI is InChI=1S/C21H22N4O3S/c1-14-3-5-16(6-4-14)20-22-17(13-29-20)12-19(26)24-7-9-25(10-8-24)21(27)18-11-15(2)23-28-18/h3-6,11,13H,7-10,12H2,1-2H3. The molecule has 4 rings (SSSR count). The van der Waals surface area contributed by atoms with Crippen LogP contribution in [0.2, 0.25) is 0 Å². The van der Waals surface area contributed by atoms with Crippen molar-refractivity contribution in [2.24, 2.45) is 0 Å². The molecule has 0 aliphatic carbocycles. The Balaban J connectivity index is 1.32. The van der Waals surface area contributed by atoms with Crippen LogP contribution in [0.25, 0.3) is 10.6 Å². The average molecular weight is 410 g/mol. The second-order valence-electron chi connectivity index (χ2n) is 7.19. The lowest BCUT2D eigenvalue weighted by Crippen LogP contribution is -2.51. The highest BCUT2D eigenvalue weighted by atomic mass is 32.1. The van der Waals surface area contributed by atoms with Crippen LogP contribution in [0.4, 0.5) is 0 Å². The number of aromatic nitrogens is 2. The minimum absolute atomic E-state index is 0.0355. The summed E-state index contributed by atoms with van der Waals surface area (Å²) in [4.78, 5) is 33.2. The SMILES string of the molecule is Cc1ccc(-c2nc(CC(=O)N3CCN(C(=O)c4cc(C)no4)CC3)cs2)cc1. The normalized spacial score (nSPS) is 14.3. The van der Waals surface area contributed by atoms with E-state index in [9.17, 15) is 9.59 Å². The Bertz CT molecular complexity index is 1020. The second-order valence-corrected chi connectivity index (χ2v) is 8.05. The highest BCUT2D eigenvalue weighted by molar-refractivity contribution is 7.13. The number of rotatable bonds is 4. The molecule has 7 nitrogen and oxygen atoms in total. The van der Waals surface area contributed by atoms with E-state index in [0.717, 1.165) is 16.3 Å². The summed E-state index contributed by atoms with van der Waals surface area (Å²) in [6.45, 7) is 5.81. The summed E-state index contributed by atoms with van der Waals surface area (Å²) in [6.07, 6.45) is 0.275. The molecule has 1 aliphatic rings. The molecule has 2 amide bonds. The summed E-state index contributed by atoms with van der Waals surface area (Å²) < 4.78 is 5.05. The molecule has 3 aromatic rings. The van der Waals surface area contributed by atoms with Crippen LogP contribution in [-0.4, -0.2) is 57.9 Å². The number of piperazine rings is 1. The van der Waals surface area contributed by atoms with E-state index in [4.69, 9.17) is 4.52 Å². The van der Waals surface area contributed by atoms with E-state index >= 15 is 0 Å². The van der Waals surface area contributed by atoms with E-state index in [2.05, 4.69) is 29.2 Å². The maximum absolute atomic E-state index is 12.7. The van der Waals surface area contributed by atoms with Gasteiger partial charge in [-0.1, -0.05) is 35.0 Å². The van der Waals surface area contributed by atoms with Crippen LogP contribution in [0.5, 0.6) is 0 Å². The zero-order valence-corrected chi connectivity index (χ0v) is 17.2. The van der Waals surface area contributed by atoms with E-state index in [1.54, 1.807) is 34.1 Å². The zero-order chi connectivity index (χ0) is 20.4. The third-order valence-corrected chi connectivity index (χ3v) is 5.88. The summed E-state index contributed by atoms with van der Waals surface area (Å²) in [5, 5.41) is 6.62. The topological polar surface area (TPSA) is 79.5 Å². The van der Waals surface area contributed by atoms with Crippen LogP contribution in [0, 0.1) is 13.8 Å². The number of hydrogen-bond donors (Lipinski definition) is 0. The Morgan fingerprint density at radius 3 is 2.41 bits per heavy atom. The van der Waals surface area contributed by atoms with Gasteiger partial charge in [-0.2, -0.15) is 0 Å². The number of thiazole rings is 1. The van der Waals surface area contributed by atoms with Gasteiger partial charge < -0.3 is 14.3 Å². The summed E-state index contributed by atoms with van der Waals surface area (Å²) in [6, 6.07) is 9.84. The smallest absolute Gasteiger partial charge is 0.292 e. The first-order chi connectivity index (χ1) is 14.0. The monoisotopic (exact) mass is 410 g/mol. The Hall–Kier alpha value is -3.00. The molecule has 1 saturated heterocycles. The fourth-order valence-electron chi connectivity index (χ4n) is 3.26. The first-order valence-electron chi connectivity index (χ1n) is 9.51. The maximum Gasteiger partial charge on any atom is 0.292 e. The zero-order valence-electron chi connectivity index (χ0n) is 16.4. The van der Waals surface area contributed by atoms with Gasteiger partial charge in [0.25, 0.3) is 5.91 Å². The van der Waals surface area contributed by atoms with Crippen molar-refractivity contribution in [1.82, 2.24) is 19.9 Å². The fraction of sp³-hybridized carbons (Fsp3) is 0.333. The van der Waals surface area contributed by atoms with Crippen molar-refractivity contribution in [1.29, 1.82) is 0 Å². The maximum atomic E-state index is 12.7. The molecule has 8 heteroatoms. The van der Waals surface area contributed by atoms with Crippen molar-refractivity contribution in [3.8, 4) is 10.6 Å². The molecule has 1 aromatic carbocycles. The van der Waals surface area contributed by atoms with Gasteiger partial charge in [-0.3, -0.25) is 9.59 Å². The van der Waals surface area contributed by atoms with Gasteiger partial charge in [-0.05, 0) is 13.8 Å². The second kappa shape index (κ2) is 8.16. The van der Waals surface area contributed by atoms with Gasteiger partial charge in [0.05, 0.1) is 17.8 Å². The first-order valence-corrected chi connectivity index (χ1v) is 10.4. The minimum atomic E-state index is -0.181. The lowest BCUT2D eigenvalue weighted by Gasteiger charge is -2.34. The molecule has 0 N–H and O–H groups in total. The van der Waals surface area contributed by atoms with Gasteiger partial charge in [0.1, 0.15) is 5.01 Å². The number of benzene rings is 1. The fourth-order valence-corrected chi connectivity index (χ4v) is 4.09. The molecule has 2 aromatic heterocycles. The predicted molar refractivity (Wildman–Crippen MR) is 110 cm³/mol. The number of hydrogen-bond acceptors (Lipinski definition) is 6. The molecule has 0 unspecified atom stereocenters. The van der Waals surface area contributed by atoms with Crippen molar-refractivity contribution in [3.63, 3.8) is 0 Å². The van der Waals surface area contributed by atoms with Gasteiger partial charge in [0.15, 0.2) is 0 Å². The number of amides is 2. The third-order valence-electron chi connectivity index (χ3n) is 4.94.